The van der Waals surface area contributed by atoms with E-state index in [1.807, 2.05) is 18.2 Å². The topological polar surface area (TPSA) is 71.5 Å². The monoisotopic (exact) mass is 425 g/mol. The molecule has 30 heavy (non-hydrogen) atoms. The number of hydrogen-bond donors (Lipinski definition) is 0. The maximum absolute atomic E-state index is 13.4. The van der Waals surface area contributed by atoms with Gasteiger partial charge in [0.1, 0.15) is 5.78 Å². The van der Waals surface area contributed by atoms with Gasteiger partial charge in [0.25, 0.3) is 0 Å². The molecule has 2 aliphatic rings. The SMILES string of the molecule is CC(=O)c1ccc(S(=O)(=O)N2CC[C@H]3CC(=O)CC[C@]3(Cc3ccccc3)C2)cc1. The summed E-state index contributed by atoms with van der Waals surface area (Å²) >= 11 is 0. The third-order valence-corrected chi connectivity index (χ3v) is 8.62. The number of rotatable bonds is 5. The van der Waals surface area contributed by atoms with Gasteiger partial charge in [0.05, 0.1) is 4.90 Å². The summed E-state index contributed by atoms with van der Waals surface area (Å²) in [6, 6.07) is 16.3. The van der Waals surface area contributed by atoms with Crippen molar-refractivity contribution in [1.82, 2.24) is 4.31 Å². The Hall–Kier alpha value is -2.31. The molecular formula is C24H27NO4S. The first-order chi connectivity index (χ1) is 14.3. The van der Waals surface area contributed by atoms with Crippen LogP contribution in [0.2, 0.25) is 0 Å². The normalized spacial score (nSPS) is 25.0. The van der Waals surface area contributed by atoms with Gasteiger partial charge in [-0.2, -0.15) is 4.31 Å². The van der Waals surface area contributed by atoms with E-state index in [1.54, 1.807) is 16.4 Å². The Morgan fingerprint density at radius 1 is 1.10 bits per heavy atom. The van der Waals surface area contributed by atoms with Crippen LogP contribution in [0.3, 0.4) is 0 Å². The van der Waals surface area contributed by atoms with Gasteiger partial charge in [-0.15, -0.1) is 0 Å². The van der Waals surface area contributed by atoms with Crippen LogP contribution in [0.5, 0.6) is 0 Å². The first-order valence-corrected chi connectivity index (χ1v) is 11.9. The molecule has 1 heterocycles. The van der Waals surface area contributed by atoms with Gasteiger partial charge in [0, 0.05) is 31.5 Å². The minimum atomic E-state index is -3.66. The lowest BCUT2D eigenvalue weighted by molar-refractivity contribution is -0.126. The van der Waals surface area contributed by atoms with Crippen molar-refractivity contribution in [3.05, 3.63) is 65.7 Å². The summed E-state index contributed by atoms with van der Waals surface area (Å²) < 4.78 is 28.3. The molecule has 0 amide bonds. The van der Waals surface area contributed by atoms with E-state index in [0.29, 0.717) is 43.7 Å². The van der Waals surface area contributed by atoms with E-state index in [4.69, 9.17) is 0 Å². The zero-order valence-electron chi connectivity index (χ0n) is 17.2. The molecule has 0 unspecified atom stereocenters. The lowest BCUT2D eigenvalue weighted by Gasteiger charge is -2.50. The first kappa shape index (κ1) is 20.9. The number of carbonyl (C=O) groups excluding carboxylic acids is 2. The second kappa shape index (κ2) is 8.08. The summed E-state index contributed by atoms with van der Waals surface area (Å²) in [4.78, 5) is 23.9. The third kappa shape index (κ3) is 3.98. The highest BCUT2D eigenvalue weighted by molar-refractivity contribution is 7.89. The van der Waals surface area contributed by atoms with Gasteiger partial charge in [-0.05, 0) is 55.2 Å². The summed E-state index contributed by atoms with van der Waals surface area (Å²) in [7, 11) is -3.66. The zero-order valence-corrected chi connectivity index (χ0v) is 18.0. The number of ketones is 2. The van der Waals surface area contributed by atoms with Crippen molar-refractivity contribution < 1.29 is 18.0 Å². The molecule has 5 nitrogen and oxygen atoms in total. The number of sulfonamides is 1. The van der Waals surface area contributed by atoms with Crippen LogP contribution in [-0.4, -0.2) is 37.4 Å². The van der Waals surface area contributed by atoms with Crippen LogP contribution in [0.25, 0.3) is 0 Å². The van der Waals surface area contributed by atoms with Crippen LogP contribution in [-0.2, 0) is 21.2 Å². The van der Waals surface area contributed by atoms with Gasteiger partial charge in [-0.25, -0.2) is 8.42 Å². The van der Waals surface area contributed by atoms with E-state index >= 15 is 0 Å². The van der Waals surface area contributed by atoms with Gasteiger partial charge in [-0.1, -0.05) is 42.5 Å². The van der Waals surface area contributed by atoms with E-state index < -0.39 is 10.0 Å². The average molecular weight is 426 g/mol. The van der Waals surface area contributed by atoms with Crippen LogP contribution in [0.4, 0.5) is 0 Å². The quantitative estimate of drug-likeness (QED) is 0.682. The lowest BCUT2D eigenvalue weighted by atomic mass is 9.60. The van der Waals surface area contributed by atoms with Crippen molar-refractivity contribution in [1.29, 1.82) is 0 Å². The number of nitrogens with zero attached hydrogens (tertiary/aromatic N) is 1. The molecule has 2 aromatic rings. The summed E-state index contributed by atoms with van der Waals surface area (Å²) in [6.45, 7) is 2.31. The van der Waals surface area contributed by atoms with E-state index in [0.717, 1.165) is 12.8 Å². The predicted molar refractivity (Wildman–Crippen MR) is 115 cm³/mol. The molecule has 0 aromatic heterocycles. The summed E-state index contributed by atoms with van der Waals surface area (Å²) in [5.41, 5.74) is 1.46. The van der Waals surface area contributed by atoms with Gasteiger partial charge in [-0.3, -0.25) is 9.59 Å². The third-order valence-electron chi connectivity index (χ3n) is 6.76. The maximum Gasteiger partial charge on any atom is 0.243 e. The number of hydrogen-bond acceptors (Lipinski definition) is 4. The van der Waals surface area contributed by atoms with Crippen molar-refractivity contribution in [2.45, 2.75) is 43.9 Å². The second-order valence-electron chi connectivity index (χ2n) is 8.67. The predicted octanol–water partition coefficient (Wildman–Crippen LogP) is 3.88. The molecule has 0 radical (unpaired) electrons. The molecule has 2 fully saturated rings. The van der Waals surface area contributed by atoms with E-state index in [1.165, 1.54) is 24.6 Å². The van der Waals surface area contributed by atoms with Crippen molar-refractivity contribution in [2.75, 3.05) is 13.1 Å². The molecule has 2 atom stereocenters. The molecule has 1 saturated heterocycles. The molecule has 0 bridgehead atoms. The molecule has 4 rings (SSSR count). The van der Waals surface area contributed by atoms with Crippen LogP contribution >= 0.6 is 0 Å². The highest BCUT2D eigenvalue weighted by Crippen LogP contribution is 2.48. The fraction of sp³-hybridized carbons (Fsp3) is 0.417. The molecule has 1 saturated carbocycles. The minimum Gasteiger partial charge on any atom is -0.300 e. The zero-order chi connectivity index (χ0) is 21.4. The van der Waals surface area contributed by atoms with Gasteiger partial charge in [0.2, 0.25) is 10.0 Å². The van der Waals surface area contributed by atoms with Crippen LogP contribution in [0.1, 0.15) is 48.5 Å². The van der Waals surface area contributed by atoms with Crippen LogP contribution in [0, 0.1) is 11.3 Å². The average Bonchev–Trinajstić information content (AvgIpc) is 2.74. The van der Waals surface area contributed by atoms with Gasteiger partial charge in [0.15, 0.2) is 5.78 Å². The van der Waals surface area contributed by atoms with Gasteiger partial charge < -0.3 is 0 Å². The van der Waals surface area contributed by atoms with Crippen LogP contribution in [0.15, 0.2) is 59.5 Å². The van der Waals surface area contributed by atoms with E-state index in [-0.39, 0.29) is 22.0 Å². The molecule has 1 aliphatic heterocycles. The smallest absolute Gasteiger partial charge is 0.243 e. The second-order valence-corrected chi connectivity index (χ2v) is 10.6. The molecule has 158 valence electrons. The number of benzene rings is 2. The highest BCUT2D eigenvalue weighted by atomic mass is 32.2. The van der Waals surface area contributed by atoms with E-state index in [9.17, 15) is 18.0 Å². The first-order valence-electron chi connectivity index (χ1n) is 10.5. The lowest BCUT2D eigenvalue weighted by Crippen LogP contribution is -2.54. The highest BCUT2D eigenvalue weighted by Gasteiger charge is 2.49. The molecule has 0 N–H and O–H groups in total. The molecule has 2 aromatic carbocycles. The van der Waals surface area contributed by atoms with Crippen molar-refractivity contribution in [2.24, 2.45) is 11.3 Å². The van der Waals surface area contributed by atoms with E-state index in [2.05, 4.69) is 12.1 Å². The number of Topliss-reactive ketones (excluding diaryl/α,β-unsaturated/α-hetero) is 2. The standard InChI is InChI=1S/C24H27NO4S/c1-18(26)20-7-9-23(10-8-20)30(28,29)25-14-12-21-15-22(27)11-13-24(21,17-25)16-19-5-3-2-4-6-19/h2-10,21H,11-17H2,1H3/t21-,24-/m0/s1. The maximum atomic E-state index is 13.4. The Morgan fingerprint density at radius 2 is 1.80 bits per heavy atom. The molecule has 0 spiro atoms. The Balaban J connectivity index is 1.64. The Labute approximate surface area is 178 Å². The largest absolute Gasteiger partial charge is 0.300 e. The number of fused-ring (bicyclic) bond motifs is 1. The number of carbonyl (C=O) groups is 2. The fourth-order valence-electron chi connectivity index (χ4n) is 5.04. The minimum absolute atomic E-state index is 0.0894. The van der Waals surface area contributed by atoms with Crippen molar-refractivity contribution >= 4 is 21.6 Å². The summed E-state index contributed by atoms with van der Waals surface area (Å²) in [6.07, 6.45) is 3.27. The molecular weight excluding hydrogens is 398 g/mol. The van der Waals surface area contributed by atoms with Gasteiger partial charge >= 0.3 is 0 Å². The Kier molecular flexibility index (Phi) is 5.64. The fourth-order valence-corrected chi connectivity index (χ4v) is 6.59. The Morgan fingerprint density at radius 3 is 2.47 bits per heavy atom. The summed E-state index contributed by atoms with van der Waals surface area (Å²) in [5, 5.41) is 0. The summed E-state index contributed by atoms with van der Waals surface area (Å²) in [5.74, 6) is 0.416. The molecule has 1 aliphatic carbocycles. The van der Waals surface area contributed by atoms with Crippen LogP contribution < -0.4 is 0 Å². The van der Waals surface area contributed by atoms with Crippen molar-refractivity contribution in [3.8, 4) is 0 Å². The van der Waals surface area contributed by atoms with Crippen molar-refractivity contribution in [3.63, 3.8) is 0 Å². The Bertz CT molecular complexity index is 1050. The number of piperidine rings is 1. The molecule has 6 heteroatoms.